The van der Waals surface area contributed by atoms with Crippen LogP contribution in [0, 0.1) is 0 Å². The first kappa shape index (κ1) is 37.2. The number of hydrogen-bond acceptors (Lipinski definition) is 15. The number of fused-ring (bicyclic) bond motifs is 1. The van der Waals surface area contributed by atoms with Crippen LogP contribution in [-0.2, 0) is 38.0 Å². The smallest absolute Gasteiger partial charge is 0.463 e. The van der Waals surface area contributed by atoms with E-state index in [0.29, 0.717) is 18.6 Å². The lowest BCUT2D eigenvalue weighted by Crippen LogP contribution is -2.36. The quantitative estimate of drug-likeness (QED) is 0.0570. The third-order valence-electron chi connectivity index (χ3n) is 7.59. The number of rotatable bonds is 14. The third kappa shape index (κ3) is 10.2. The van der Waals surface area contributed by atoms with E-state index >= 15 is 0 Å². The van der Waals surface area contributed by atoms with Crippen molar-refractivity contribution in [3.05, 3.63) is 102 Å². The third-order valence-corrected chi connectivity index (χ3v) is 7.59. The highest BCUT2D eigenvalue weighted by molar-refractivity contribution is 5.92. The highest BCUT2D eigenvalue weighted by Gasteiger charge is 2.51. The highest BCUT2D eigenvalue weighted by atomic mass is 16.7. The molecule has 0 aliphatic carbocycles. The summed E-state index contributed by atoms with van der Waals surface area (Å²) >= 11 is 0. The van der Waals surface area contributed by atoms with Crippen molar-refractivity contribution in [2.24, 2.45) is 0 Å². The van der Waals surface area contributed by atoms with Crippen LogP contribution < -0.4 is 14.2 Å². The molecule has 2 saturated heterocycles. The summed E-state index contributed by atoms with van der Waals surface area (Å²) in [6, 6.07) is 17.2. The fourth-order valence-electron chi connectivity index (χ4n) is 5.07. The number of unbranched alkanes of at least 4 members (excludes halogenated alkanes) is 1. The second-order valence-electron chi connectivity index (χ2n) is 11.3. The lowest BCUT2D eigenvalue weighted by Gasteiger charge is -2.17. The van der Waals surface area contributed by atoms with E-state index in [1.54, 1.807) is 0 Å². The Morgan fingerprint density at radius 3 is 1.50 bits per heavy atom. The number of ether oxygens (including phenoxy) is 9. The molecule has 5 rings (SSSR count). The summed E-state index contributed by atoms with van der Waals surface area (Å²) in [7, 11) is 0. The van der Waals surface area contributed by atoms with Crippen LogP contribution in [0.15, 0.2) is 85.5 Å². The van der Waals surface area contributed by atoms with Gasteiger partial charge in [0.1, 0.15) is 29.5 Å². The van der Waals surface area contributed by atoms with Gasteiger partial charge in [-0.15, -0.1) is 0 Å². The van der Waals surface area contributed by atoms with Crippen LogP contribution >= 0.6 is 0 Å². The molecule has 2 heterocycles. The first-order chi connectivity index (χ1) is 25.1. The minimum Gasteiger partial charge on any atom is -0.463 e. The maximum absolute atomic E-state index is 12.9. The van der Waals surface area contributed by atoms with E-state index in [1.807, 2.05) is 0 Å². The second kappa shape index (κ2) is 17.7. The number of hydrogen-bond donors (Lipinski definition) is 0. The van der Waals surface area contributed by atoms with Crippen LogP contribution in [0.1, 0.15) is 50.8 Å². The maximum atomic E-state index is 12.9. The molecule has 0 amide bonds. The van der Waals surface area contributed by atoms with Crippen LogP contribution in [-0.4, -0.2) is 86.8 Å². The Labute approximate surface area is 297 Å². The topological polar surface area (TPSA) is 185 Å². The van der Waals surface area contributed by atoms with E-state index < -0.39 is 60.4 Å². The zero-order chi connectivity index (χ0) is 37.0. The van der Waals surface area contributed by atoms with Crippen molar-refractivity contribution >= 4 is 36.0 Å². The van der Waals surface area contributed by atoms with Gasteiger partial charge < -0.3 is 42.6 Å². The van der Waals surface area contributed by atoms with Gasteiger partial charge in [0.25, 0.3) is 0 Å². The highest BCUT2D eigenvalue weighted by Crippen LogP contribution is 2.32. The zero-order valence-electron chi connectivity index (χ0n) is 27.9. The zero-order valence-corrected chi connectivity index (χ0v) is 27.9. The van der Waals surface area contributed by atoms with E-state index in [1.165, 1.54) is 79.7 Å². The average molecular weight is 719 g/mol. The average Bonchev–Trinajstić information content (AvgIpc) is 3.72. The minimum atomic E-state index is -0.930. The van der Waals surface area contributed by atoms with E-state index in [4.69, 9.17) is 42.6 Å². The van der Waals surface area contributed by atoms with Crippen molar-refractivity contribution in [3.63, 3.8) is 0 Å². The summed E-state index contributed by atoms with van der Waals surface area (Å²) < 4.78 is 48.0. The van der Waals surface area contributed by atoms with Crippen molar-refractivity contribution < 1.29 is 71.4 Å². The molecule has 15 heteroatoms. The first-order valence-electron chi connectivity index (χ1n) is 16.1. The van der Waals surface area contributed by atoms with Gasteiger partial charge in [0.15, 0.2) is 12.2 Å². The molecule has 0 aromatic heterocycles. The molecule has 0 N–H and O–H groups in total. The molecule has 15 nitrogen and oxygen atoms in total. The molecule has 2 aliphatic rings. The monoisotopic (exact) mass is 718 g/mol. The van der Waals surface area contributed by atoms with Gasteiger partial charge in [0, 0.05) is 13.0 Å². The Kier molecular flexibility index (Phi) is 12.7. The van der Waals surface area contributed by atoms with E-state index in [2.05, 4.69) is 6.58 Å². The Morgan fingerprint density at radius 2 is 1.04 bits per heavy atom. The molecule has 0 spiro atoms. The summed E-state index contributed by atoms with van der Waals surface area (Å²) in [4.78, 5) is 72.2. The molecular formula is C37H34O15. The van der Waals surface area contributed by atoms with Crippen molar-refractivity contribution in [3.8, 4) is 17.2 Å². The van der Waals surface area contributed by atoms with Crippen LogP contribution in [0.5, 0.6) is 17.2 Å². The molecule has 2 aliphatic heterocycles. The van der Waals surface area contributed by atoms with Gasteiger partial charge in [-0.25, -0.2) is 24.0 Å². The summed E-state index contributed by atoms with van der Waals surface area (Å²) in [5, 5.41) is 0. The van der Waals surface area contributed by atoms with Crippen LogP contribution in [0.25, 0.3) is 0 Å². The summed E-state index contributed by atoms with van der Waals surface area (Å²) in [6.07, 6.45) is -1.69. The van der Waals surface area contributed by atoms with E-state index in [-0.39, 0.29) is 54.6 Å². The largest absolute Gasteiger partial charge is 0.513 e. The number of carbonyl (C=O) groups is 6. The molecular weight excluding hydrogens is 684 g/mol. The minimum absolute atomic E-state index is 0.0313. The molecule has 0 radical (unpaired) electrons. The molecule has 2 fully saturated rings. The number of benzene rings is 3. The lowest BCUT2D eigenvalue weighted by atomic mass is 10.1. The summed E-state index contributed by atoms with van der Waals surface area (Å²) in [5.74, 6) is -2.37. The van der Waals surface area contributed by atoms with Gasteiger partial charge in [-0.3, -0.25) is 4.79 Å². The van der Waals surface area contributed by atoms with E-state index in [0.717, 1.165) is 6.08 Å². The Morgan fingerprint density at radius 1 is 0.615 bits per heavy atom. The second-order valence-corrected chi connectivity index (χ2v) is 11.3. The molecule has 0 saturated carbocycles. The van der Waals surface area contributed by atoms with Crippen molar-refractivity contribution in [2.75, 3.05) is 26.4 Å². The fourth-order valence-corrected chi connectivity index (χ4v) is 5.07. The standard InChI is InChI=1S/C37H34O15/c1-3-31(39)44-18-4-5-19-45-37(43)50-28-16-10-23(11-17-28)34(40)49-27-14-8-25(9-15-27)36(42)52-30-21-47-32-29(20-46-33(30)32)51-35(41)24-6-12-26(13-7-24)48-22(2)38/h3,6-17,29-30,32-33H,1,4-5,18-21H2,2H3/t29-,30-,32?,33?/m0/s1. The predicted molar refractivity (Wildman–Crippen MR) is 176 cm³/mol. The van der Waals surface area contributed by atoms with Gasteiger partial charge >= 0.3 is 36.0 Å². The van der Waals surface area contributed by atoms with E-state index in [9.17, 15) is 28.8 Å². The van der Waals surface area contributed by atoms with Gasteiger partial charge in [0.05, 0.1) is 43.1 Å². The molecule has 52 heavy (non-hydrogen) atoms. The maximum Gasteiger partial charge on any atom is 0.513 e. The van der Waals surface area contributed by atoms with Crippen LogP contribution in [0.3, 0.4) is 0 Å². The molecule has 3 aromatic carbocycles. The van der Waals surface area contributed by atoms with Gasteiger partial charge in [-0.2, -0.15) is 0 Å². The fraction of sp³-hybridized carbons (Fsp3) is 0.297. The van der Waals surface area contributed by atoms with Crippen molar-refractivity contribution in [1.29, 1.82) is 0 Å². The molecule has 2 unspecified atom stereocenters. The summed E-state index contributed by atoms with van der Waals surface area (Å²) in [6.45, 7) is 4.88. The molecule has 4 atom stereocenters. The SMILES string of the molecule is C=CC(=O)OCCCCOC(=O)Oc1ccc(C(=O)Oc2ccc(C(=O)O[C@H]3COC4C3OC[C@@H]4OC(=O)c3ccc(OC(C)=O)cc3)cc2)cc1. The van der Waals surface area contributed by atoms with Crippen LogP contribution in [0.2, 0.25) is 0 Å². The molecule has 272 valence electrons. The Bertz CT molecular complexity index is 1770. The Balaban J connectivity index is 1.03. The molecule has 3 aromatic rings. The number of carbonyl (C=O) groups excluding carboxylic acids is 6. The first-order valence-corrected chi connectivity index (χ1v) is 16.1. The van der Waals surface area contributed by atoms with Gasteiger partial charge in [-0.05, 0) is 85.6 Å². The normalized spacial score (nSPS) is 18.6. The van der Waals surface area contributed by atoms with Gasteiger partial charge in [-0.1, -0.05) is 6.58 Å². The Hall–Kier alpha value is -6.06. The number of esters is 5. The predicted octanol–water partition coefficient (Wildman–Crippen LogP) is 4.40. The lowest BCUT2D eigenvalue weighted by molar-refractivity contribution is -0.138. The van der Waals surface area contributed by atoms with Crippen molar-refractivity contribution in [1.82, 2.24) is 0 Å². The van der Waals surface area contributed by atoms with Gasteiger partial charge in [0.2, 0.25) is 0 Å². The van der Waals surface area contributed by atoms with Crippen LogP contribution in [0.4, 0.5) is 4.79 Å². The molecule has 0 bridgehead atoms. The van der Waals surface area contributed by atoms with Crippen molar-refractivity contribution in [2.45, 2.75) is 44.2 Å². The summed E-state index contributed by atoms with van der Waals surface area (Å²) in [5.41, 5.74) is 0.602.